The third-order valence-electron chi connectivity index (χ3n) is 4.97. The maximum Gasteiger partial charge on any atom is 0.0942 e. The molecule has 1 heterocycles. The van der Waals surface area contributed by atoms with Crippen LogP contribution in [0.4, 0.5) is 5.69 Å². The molecule has 2 aromatic carbocycles. The Labute approximate surface area is 144 Å². The molecule has 3 rings (SSSR count). The topological polar surface area (TPSA) is 46.9 Å². The number of rotatable bonds is 5. The average molecular weight is 326 g/mol. The second-order valence-corrected chi connectivity index (χ2v) is 6.44. The molecule has 1 saturated heterocycles. The van der Waals surface area contributed by atoms with E-state index in [1.807, 2.05) is 42.5 Å². The van der Waals surface area contributed by atoms with E-state index in [0.29, 0.717) is 0 Å². The van der Waals surface area contributed by atoms with Gasteiger partial charge < -0.3 is 15.1 Å². The van der Waals surface area contributed by atoms with Crippen molar-refractivity contribution in [2.24, 2.45) is 0 Å². The molecule has 128 valence electrons. The lowest BCUT2D eigenvalue weighted by Crippen LogP contribution is -2.51. The molecule has 0 saturated carbocycles. The van der Waals surface area contributed by atoms with Gasteiger partial charge in [-0.25, -0.2) is 0 Å². The van der Waals surface area contributed by atoms with Gasteiger partial charge in [-0.15, -0.1) is 0 Å². The largest absolute Gasteiger partial charge is 0.392 e. The second-order valence-electron chi connectivity index (χ2n) is 6.44. The zero-order valence-electron chi connectivity index (χ0n) is 14.2. The monoisotopic (exact) mass is 326 g/mol. The highest BCUT2D eigenvalue weighted by Crippen LogP contribution is 2.23. The highest BCUT2D eigenvalue weighted by molar-refractivity contribution is 5.48. The van der Waals surface area contributed by atoms with Crippen molar-refractivity contribution < 1.29 is 10.2 Å². The SMILES string of the molecule is CC(C(O)c1ccccc1)N1CCN(c2ccc(CO)cc2)CC1. The molecule has 0 bridgehead atoms. The van der Waals surface area contributed by atoms with Crippen molar-refractivity contribution in [3.05, 3.63) is 65.7 Å². The third-order valence-corrected chi connectivity index (χ3v) is 4.97. The molecular weight excluding hydrogens is 300 g/mol. The lowest BCUT2D eigenvalue weighted by molar-refractivity contribution is 0.0546. The van der Waals surface area contributed by atoms with Crippen LogP contribution in [0.1, 0.15) is 24.2 Å². The number of hydrogen-bond acceptors (Lipinski definition) is 4. The third kappa shape index (κ3) is 3.78. The summed E-state index contributed by atoms with van der Waals surface area (Å²) in [6.45, 7) is 5.96. The number of benzene rings is 2. The van der Waals surface area contributed by atoms with E-state index in [1.165, 1.54) is 5.69 Å². The van der Waals surface area contributed by atoms with Gasteiger partial charge in [0.15, 0.2) is 0 Å². The van der Waals surface area contributed by atoms with Crippen molar-refractivity contribution in [2.75, 3.05) is 31.1 Å². The highest BCUT2D eigenvalue weighted by atomic mass is 16.3. The smallest absolute Gasteiger partial charge is 0.0942 e. The fourth-order valence-corrected chi connectivity index (χ4v) is 3.33. The van der Waals surface area contributed by atoms with Crippen LogP contribution in [0.5, 0.6) is 0 Å². The first-order valence-corrected chi connectivity index (χ1v) is 8.61. The molecule has 24 heavy (non-hydrogen) atoms. The minimum Gasteiger partial charge on any atom is -0.392 e. The van der Waals surface area contributed by atoms with Crippen LogP contribution in [0.25, 0.3) is 0 Å². The number of aliphatic hydroxyl groups excluding tert-OH is 2. The zero-order chi connectivity index (χ0) is 16.9. The first kappa shape index (κ1) is 17.0. The molecule has 1 aliphatic rings. The fourth-order valence-electron chi connectivity index (χ4n) is 3.33. The number of hydrogen-bond donors (Lipinski definition) is 2. The molecular formula is C20H26N2O2. The summed E-state index contributed by atoms with van der Waals surface area (Å²) >= 11 is 0. The molecule has 0 amide bonds. The number of nitrogens with zero attached hydrogens (tertiary/aromatic N) is 2. The maximum absolute atomic E-state index is 10.6. The minimum atomic E-state index is -0.457. The summed E-state index contributed by atoms with van der Waals surface area (Å²) in [5.41, 5.74) is 3.12. The van der Waals surface area contributed by atoms with Gasteiger partial charge in [-0.1, -0.05) is 42.5 Å². The summed E-state index contributed by atoms with van der Waals surface area (Å²) in [5.74, 6) is 0. The van der Waals surface area contributed by atoms with Crippen LogP contribution in [-0.2, 0) is 6.61 Å². The van der Waals surface area contributed by atoms with Gasteiger partial charge in [0.25, 0.3) is 0 Å². The first-order valence-electron chi connectivity index (χ1n) is 8.61. The number of piperazine rings is 1. The zero-order valence-corrected chi connectivity index (χ0v) is 14.2. The van der Waals surface area contributed by atoms with Crippen molar-refractivity contribution in [1.82, 2.24) is 4.90 Å². The molecule has 4 nitrogen and oxygen atoms in total. The van der Waals surface area contributed by atoms with Gasteiger partial charge in [0.05, 0.1) is 12.7 Å². The summed E-state index contributed by atoms with van der Waals surface area (Å²) < 4.78 is 0. The minimum absolute atomic E-state index is 0.0863. The van der Waals surface area contributed by atoms with E-state index in [4.69, 9.17) is 5.11 Å². The summed E-state index contributed by atoms with van der Waals surface area (Å²) in [5, 5.41) is 19.7. The molecule has 1 fully saturated rings. The molecule has 0 aliphatic carbocycles. The van der Waals surface area contributed by atoms with Gasteiger partial charge in [-0.05, 0) is 30.2 Å². The summed E-state index contributed by atoms with van der Waals surface area (Å²) in [6.07, 6.45) is -0.457. The predicted molar refractivity (Wildman–Crippen MR) is 97.0 cm³/mol. The lowest BCUT2D eigenvalue weighted by atomic mass is 10.0. The van der Waals surface area contributed by atoms with Crippen LogP contribution in [0.3, 0.4) is 0 Å². The van der Waals surface area contributed by atoms with Crippen LogP contribution < -0.4 is 4.90 Å². The summed E-state index contributed by atoms with van der Waals surface area (Å²) in [7, 11) is 0. The van der Waals surface area contributed by atoms with E-state index in [2.05, 4.69) is 28.9 Å². The quantitative estimate of drug-likeness (QED) is 0.886. The van der Waals surface area contributed by atoms with Gasteiger partial charge in [0, 0.05) is 37.9 Å². The van der Waals surface area contributed by atoms with E-state index in [1.54, 1.807) is 0 Å². The van der Waals surface area contributed by atoms with Crippen LogP contribution in [-0.4, -0.2) is 47.3 Å². The van der Waals surface area contributed by atoms with Gasteiger partial charge >= 0.3 is 0 Å². The van der Waals surface area contributed by atoms with E-state index in [0.717, 1.165) is 37.3 Å². The fraction of sp³-hybridized carbons (Fsp3) is 0.400. The first-order chi connectivity index (χ1) is 11.7. The van der Waals surface area contributed by atoms with E-state index >= 15 is 0 Å². The van der Waals surface area contributed by atoms with Crippen LogP contribution in [0.2, 0.25) is 0 Å². The molecule has 1 aliphatic heterocycles. The maximum atomic E-state index is 10.6. The van der Waals surface area contributed by atoms with Crippen LogP contribution >= 0.6 is 0 Å². The standard InChI is InChI=1S/C20H26N2O2/c1-16(20(24)18-5-3-2-4-6-18)21-11-13-22(14-12-21)19-9-7-17(15-23)8-10-19/h2-10,16,20,23-24H,11-15H2,1H3. The normalized spacial score (nSPS) is 18.4. The molecule has 2 N–H and O–H groups in total. The molecule has 2 unspecified atom stereocenters. The van der Waals surface area contributed by atoms with Crippen molar-refractivity contribution >= 4 is 5.69 Å². The molecule has 2 aromatic rings. The Hall–Kier alpha value is -1.88. The van der Waals surface area contributed by atoms with E-state index < -0.39 is 6.10 Å². The number of aliphatic hydroxyl groups is 2. The highest BCUT2D eigenvalue weighted by Gasteiger charge is 2.26. The Bertz CT molecular complexity index is 622. The van der Waals surface area contributed by atoms with Crippen LogP contribution in [0, 0.1) is 0 Å². The molecule has 2 atom stereocenters. The van der Waals surface area contributed by atoms with Crippen molar-refractivity contribution in [3.63, 3.8) is 0 Å². The van der Waals surface area contributed by atoms with Crippen LogP contribution in [0.15, 0.2) is 54.6 Å². The van der Waals surface area contributed by atoms with Gasteiger partial charge in [-0.2, -0.15) is 0 Å². The Kier molecular flexibility index (Phi) is 5.51. The lowest BCUT2D eigenvalue weighted by Gasteiger charge is -2.40. The molecule has 0 spiro atoms. The van der Waals surface area contributed by atoms with Crippen molar-refractivity contribution in [1.29, 1.82) is 0 Å². The number of anilines is 1. The van der Waals surface area contributed by atoms with Gasteiger partial charge in [0.2, 0.25) is 0 Å². The Morgan fingerprint density at radius 2 is 1.54 bits per heavy atom. The summed E-state index contributed by atoms with van der Waals surface area (Å²) in [6, 6.07) is 18.1. The molecule has 0 radical (unpaired) electrons. The van der Waals surface area contributed by atoms with E-state index in [-0.39, 0.29) is 12.6 Å². The van der Waals surface area contributed by atoms with Crippen molar-refractivity contribution in [2.45, 2.75) is 25.7 Å². The second kappa shape index (κ2) is 7.79. The Morgan fingerprint density at radius 3 is 2.12 bits per heavy atom. The Balaban J connectivity index is 1.58. The van der Waals surface area contributed by atoms with E-state index in [9.17, 15) is 5.11 Å². The molecule has 0 aromatic heterocycles. The van der Waals surface area contributed by atoms with Gasteiger partial charge in [0.1, 0.15) is 0 Å². The predicted octanol–water partition coefficient (Wildman–Crippen LogP) is 2.42. The molecule has 4 heteroatoms. The van der Waals surface area contributed by atoms with Gasteiger partial charge in [-0.3, -0.25) is 4.90 Å². The van der Waals surface area contributed by atoms with Crippen molar-refractivity contribution in [3.8, 4) is 0 Å². The average Bonchev–Trinajstić information content (AvgIpc) is 2.68. The Morgan fingerprint density at radius 1 is 0.917 bits per heavy atom. The summed E-state index contributed by atoms with van der Waals surface area (Å²) in [4.78, 5) is 4.72.